The van der Waals surface area contributed by atoms with Crippen molar-refractivity contribution in [3.8, 4) is 5.75 Å². The largest absolute Gasteiger partial charge is 0.496 e. The number of ether oxygens (including phenoxy) is 1. The van der Waals surface area contributed by atoms with Crippen LogP contribution in [0.2, 0.25) is 5.02 Å². The quantitative estimate of drug-likeness (QED) is 0.528. The average molecular weight is 410 g/mol. The summed E-state index contributed by atoms with van der Waals surface area (Å²) in [6.45, 7) is 6.31. The SMILES string of the molecule is CON=CCCc1cn(C(C)(C)C)sc1=NC(=O)c1cc(Cl)ccc1OC. The molecule has 0 unspecified atom stereocenters. The fourth-order valence-electron chi connectivity index (χ4n) is 2.32. The van der Waals surface area contributed by atoms with E-state index in [4.69, 9.17) is 21.2 Å². The summed E-state index contributed by atoms with van der Waals surface area (Å²) in [4.78, 5) is 21.8. The molecule has 1 aromatic heterocycles. The van der Waals surface area contributed by atoms with Gasteiger partial charge in [-0.2, -0.15) is 4.99 Å². The fraction of sp³-hybridized carbons (Fsp3) is 0.421. The molecule has 2 rings (SSSR count). The Balaban J connectivity index is 2.45. The molecule has 0 fully saturated rings. The highest BCUT2D eigenvalue weighted by molar-refractivity contribution is 7.04. The summed E-state index contributed by atoms with van der Waals surface area (Å²) in [6.07, 6.45) is 5.12. The third-order valence-corrected chi connectivity index (χ3v) is 5.32. The second-order valence-electron chi connectivity index (χ2n) is 6.82. The first-order chi connectivity index (χ1) is 12.8. The minimum Gasteiger partial charge on any atom is -0.496 e. The first kappa shape index (κ1) is 21.2. The van der Waals surface area contributed by atoms with Gasteiger partial charge in [0.15, 0.2) is 0 Å². The van der Waals surface area contributed by atoms with E-state index in [0.29, 0.717) is 33.8 Å². The summed E-state index contributed by atoms with van der Waals surface area (Å²) in [5.41, 5.74) is 1.21. The summed E-state index contributed by atoms with van der Waals surface area (Å²) in [6, 6.07) is 4.91. The van der Waals surface area contributed by atoms with Crippen LogP contribution in [0.1, 0.15) is 43.1 Å². The normalized spacial score (nSPS) is 12.6. The highest BCUT2D eigenvalue weighted by atomic mass is 35.5. The fourth-order valence-corrected chi connectivity index (χ4v) is 3.52. The maximum Gasteiger partial charge on any atom is 0.282 e. The van der Waals surface area contributed by atoms with Crippen LogP contribution in [0.25, 0.3) is 0 Å². The molecule has 0 saturated heterocycles. The van der Waals surface area contributed by atoms with Crippen molar-refractivity contribution in [2.45, 2.75) is 39.2 Å². The van der Waals surface area contributed by atoms with Gasteiger partial charge in [-0.1, -0.05) is 16.8 Å². The molecule has 0 N–H and O–H groups in total. The van der Waals surface area contributed by atoms with Gasteiger partial charge in [0.05, 0.1) is 12.7 Å². The zero-order valence-electron chi connectivity index (χ0n) is 16.2. The third kappa shape index (κ3) is 5.68. The molecule has 0 bridgehead atoms. The third-order valence-electron chi connectivity index (χ3n) is 3.71. The maximum absolute atomic E-state index is 12.8. The second kappa shape index (κ2) is 9.19. The van der Waals surface area contributed by atoms with Crippen LogP contribution in [-0.4, -0.2) is 30.3 Å². The van der Waals surface area contributed by atoms with Crippen molar-refractivity contribution >= 4 is 35.3 Å². The first-order valence-electron chi connectivity index (χ1n) is 8.46. The second-order valence-corrected chi connectivity index (χ2v) is 8.22. The summed E-state index contributed by atoms with van der Waals surface area (Å²) < 4.78 is 8.03. The number of amides is 1. The number of halogens is 1. The molecule has 1 aromatic carbocycles. The molecule has 1 amide bonds. The number of oxime groups is 1. The van der Waals surface area contributed by atoms with Gasteiger partial charge in [-0.05, 0) is 63.3 Å². The minimum absolute atomic E-state index is 0.107. The standard InChI is InChI=1S/C19H24ClN3O3S/c1-19(2,3)23-12-13(7-6-10-21-26-5)18(27-23)22-17(24)15-11-14(20)8-9-16(15)25-4/h8-12H,6-7H2,1-5H3. The molecule has 146 valence electrons. The maximum atomic E-state index is 12.8. The highest BCUT2D eigenvalue weighted by Gasteiger charge is 2.17. The highest BCUT2D eigenvalue weighted by Crippen LogP contribution is 2.23. The van der Waals surface area contributed by atoms with Gasteiger partial charge in [0.2, 0.25) is 0 Å². The number of carbonyl (C=O) groups excluding carboxylic acids is 1. The summed E-state index contributed by atoms with van der Waals surface area (Å²) in [5, 5.41) is 4.22. The molecular weight excluding hydrogens is 386 g/mol. The van der Waals surface area contributed by atoms with Gasteiger partial charge in [0.25, 0.3) is 5.91 Å². The molecule has 1 heterocycles. The molecule has 0 radical (unpaired) electrons. The Labute approximate surface area is 168 Å². The van der Waals surface area contributed by atoms with E-state index >= 15 is 0 Å². The van der Waals surface area contributed by atoms with Gasteiger partial charge in [-0.25, -0.2) is 0 Å². The molecule has 0 aliphatic heterocycles. The smallest absolute Gasteiger partial charge is 0.282 e. The van der Waals surface area contributed by atoms with Crippen molar-refractivity contribution in [2.24, 2.45) is 10.1 Å². The summed E-state index contributed by atoms with van der Waals surface area (Å²) in [5.74, 6) is 0.0613. The predicted molar refractivity (Wildman–Crippen MR) is 109 cm³/mol. The van der Waals surface area contributed by atoms with Crippen molar-refractivity contribution in [2.75, 3.05) is 14.2 Å². The topological polar surface area (TPSA) is 65.2 Å². The van der Waals surface area contributed by atoms with Crippen molar-refractivity contribution in [1.29, 1.82) is 0 Å². The first-order valence-corrected chi connectivity index (χ1v) is 9.61. The lowest BCUT2D eigenvalue weighted by molar-refractivity contribution is 0.0996. The van der Waals surface area contributed by atoms with Gasteiger partial charge in [0, 0.05) is 28.5 Å². The lowest BCUT2D eigenvalue weighted by Crippen LogP contribution is -2.18. The number of hydrogen-bond acceptors (Lipinski definition) is 5. The van der Waals surface area contributed by atoms with Gasteiger partial charge in [-0.3, -0.25) is 8.75 Å². The molecule has 0 spiro atoms. The Morgan fingerprint density at radius 1 is 1.33 bits per heavy atom. The lowest BCUT2D eigenvalue weighted by atomic mass is 10.1. The van der Waals surface area contributed by atoms with E-state index in [1.807, 2.05) is 6.20 Å². The van der Waals surface area contributed by atoms with Crippen molar-refractivity contribution in [3.63, 3.8) is 0 Å². The van der Waals surface area contributed by atoms with E-state index in [-0.39, 0.29) is 11.4 Å². The number of carbonyl (C=O) groups is 1. The van der Waals surface area contributed by atoms with Crippen LogP contribution in [-0.2, 0) is 16.8 Å². The number of nitrogens with zero attached hydrogens (tertiary/aromatic N) is 3. The number of methoxy groups -OCH3 is 1. The molecule has 6 nitrogen and oxygen atoms in total. The molecule has 0 saturated carbocycles. The zero-order valence-corrected chi connectivity index (χ0v) is 17.7. The summed E-state index contributed by atoms with van der Waals surface area (Å²) >= 11 is 7.49. The van der Waals surface area contributed by atoms with E-state index in [1.54, 1.807) is 24.4 Å². The van der Waals surface area contributed by atoms with Gasteiger partial charge < -0.3 is 9.57 Å². The van der Waals surface area contributed by atoms with Crippen LogP contribution < -0.4 is 9.41 Å². The van der Waals surface area contributed by atoms with Crippen LogP contribution in [0.5, 0.6) is 5.75 Å². The Kier molecular flexibility index (Phi) is 7.21. The van der Waals surface area contributed by atoms with E-state index in [2.05, 4.69) is 34.9 Å². The number of rotatable bonds is 6. The van der Waals surface area contributed by atoms with E-state index < -0.39 is 0 Å². The molecule has 0 atom stereocenters. The van der Waals surface area contributed by atoms with Gasteiger partial charge in [0.1, 0.15) is 17.5 Å². The predicted octanol–water partition coefficient (Wildman–Crippen LogP) is 4.27. The molecular formula is C19H24ClN3O3S. The molecule has 8 heteroatoms. The van der Waals surface area contributed by atoms with E-state index in [9.17, 15) is 4.79 Å². The van der Waals surface area contributed by atoms with Crippen LogP contribution in [0.15, 0.2) is 34.5 Å². The molecule has 2 aromatic rings. The molecule has 0 aliphatic rings. The van der Waals surface area contributed by atoms with Crippen molar-refractivity contribution in [1.82, 2.24) is 3.96 Å². The molecule has 0 aliphatic carbocycles. The van der Waals surface area contributed by atoms with Crippen molar-refractivity contribution < 1.29 is 14.4 Å². The van der Waals surface area contributed by atoms with E-state index in [1.165, 1.54) is 25.8 Å². The Morgan fingerprint density at radius 2 is 2.07 bits per heavy atom. The van der Waals surface area contributed by atoms with Crippen LogP contribution in [0.4, 0.5) is 0 Å². The monoisotopic (exact) mass is 409 g/mol. The Morgan fingerprint density at radius 3 is 2.70 bits per heavy atom. The van der Waals surface area contributed by atoms with Gasteiger partial charge >= 0.3 is 0 Å². The number of aryl methyl sites for hydroxylation is 1. The minimum atomic E-state index is -0.385. The van der Waals surface area contributed by atoms with Crippen LogP contribution in [0.3, 0.4) is 0 Å². The molecule has 27 heavy (non-hydrogen) atoms. The Bertz CT molecular complexity index is 894. The Hall–Kier alpha value is -2.12. The zero-order chi connectivity index (χ0) is 20.0. The van der Waals surface area contributed by atoms with Crippen LogP contribution in [0, 0.1) is 0 Å². The number of benzene rings is 1. The van der Waals surface area contributed by atoms with Gasteiger partial charge in [-0.15, -0.1) is 0 Å². The average Bonchev–Trinajstić information content (AvgIpc) is 3.01. The number of hydrogen-bond donors (Lipinski definition) is 0. The van der Waals surface area contributed by atoms with Crippen molar-refractivity contribution in [3.05, 3.63) is 45.2 Å². The van der Waals surface area contributed by atoms with E-state index in [0.717, 1.165) is 5.56 Å². The lowest BCUT2D eigenvalue weighted by Gasteiger charge is -2.19. The van der Waals surface area contributed by atoms with Crippen LogP contribution >= 0.6 is 23.1 Å². The number of aromatic nitrogens is 1. The summed E-state index contributed by atoms with van der Waals surface area (Å²) in [7, 11) is 3.02.